The second-order valence-corrected chi connectivity index (χ2v) is 6.61. The fraction of sp³-hybridized carbons (Fsp3) is 0.0769. The third-order valence-electron chi connectivity index (χ3n) is 2.58. The molecule has 0 unspecified atom stereocenters. The van der Waals surface area contributed by atoms with Gasteiger partial charge in [-0.25, -0.2) is 8.42 Å². The number of benzene rings is 2. The molecule has 0 amide bonds. The molecule has 4 nitrogen and oxygen atoms in total. The van der Waals surface area contributed by atoms with Crippen LogP contribution in [0.5, 0.6) is 0 Å². The maximum Gasteiger partial charge on any atom is 0.175 e. The predicted octanol–water partition coefficient (Wildman–Crippen LogP) is 3.07. The Balaban J connectivity index is 2.25. The second-order valence-electron chi connectivity index (χ2n) is 4.15. The molecule has 0 saturated carbocycles. The van der Waals surface area contributed by atoms with E-state index in [2.05, 4.69) is 5.32 Å². The Bertz CT molecular complexity index is 697. The van der Waals surface area contributed by atoms with Crippen LogP contribution in [0.15, 0.2) is 47.4 Å². The third kappa shape index (κ3) is 3.39. The molecule has 0 aliphatic rings. The number of rotatable bonds is 3. The van der Waals surface area contributed by atoms with Crippen molar-refractivity contribution in [3.63, 3.8) is 0 Å². The molecular weight excluding hydrogens is 284 g/mol. The van der Waals surface area contributed by atoms with Crippen molar-refractivity contribution >= 4 is 38.5 Å². The normalized spacial score (nSPS) is 11.3. The molecule has 19 heavy (non-hydrogen) atoms. The van der Waals surface area contributed by atoms with E-state index in [1.54, 1.807) is 42.5 Å². The number of hydrogen-bond donors (Lipinski definition) is 2. The number of nitrogens with one attached hydrogen (secondary N) is 1. The van der Waals surface area contributed by atoms with E-state index in [4.69, 9.17) is 17.3 Å². The molecule has 6 heteroatoms. The van der Waals surface area contributed by atoms with Gasteiger partial charge in [-0.05, 0) is 42.5 Å². The van der Waals surface area contributed by atoms with Gasteiger partial charge in [0.2, 0.25) is 0 Å². The summed E-state index contributed by atoms with van der Waals surface area (Å²) in [6.45, 7) is 0. The molecule has 2 aromatic rings. The lowest BCUT2D eigenvalue weighted by Crippen LogP contribution is -1.98. The average molecular weight is 297 g/mol. The topological polar surface area (TPSA) is 72.2 Å². The van der Waals surface area contributed by atoms with Crippen molar-refractivity contribution in [3.05, 3.63) is 47.5 Å². The van der Waals surface area contributed by atoms with Gasteiger partial charge >= 0.3 is 0 Å². The Labute approximate surface area is 117 Å². The third-order valence-corrected chi connectivity index (χ3v) is 3.94. The van der Waals surface area contributed by atoms with Gasteiger partial charge in [0, 0.05) is 17.0 Å². The van der Waals surface area contributed by atoms with Crippen molar-refractivity contribution in [1.29, 1.82) is 0 Å². The molecule has 0 heterocycles. The van der Waals surface area contributed by atoms with Crippen LogP contribution in [0.1, 0.15) is 0 Å². The second kappa shape index (κ2) is 5.11. The summed E-state index contributed by atoms with van der Waals surface area (Å²) in [7, 11) is -3.18. The van der Waals surface area contributed by atoms with Gasteiger partial charge in [-0.15, -0.1) is 0 Å². The summed E-state index contributed by atoms with van der Waals surface area (Å²) in [4.78, 5) is 0.280. The Morgan fingerprint density at radius 3 is 2.26 bits per heavy atom. The molecule has 0 aromatic heterocycles. The minimum atomic E-state index is -3.18. The Hall–Kier alpha value is -1.72. The summed E-state index contributed by atoms with van der Waals surface area (Å²) >= 11 is 5.82. The van der Waals surface area contributed by atoms with Crippen LogP contribution in [-0.4, -0.2) is 14.7 Å². The van der Waals surface area contributed by atoms with Gasteiger partial charge in [0.1, 0.15) is 0 Å². The van der Waals surface area contributed by atoms with E-state index in [9.17, 15) is 8.42 Å². The van der Waals surface area contributed by atoms with Gasteiger partial charge < -0.3 is 11.1 Å². The van der Waals surface area contributed by atoms with E-state index < -0.39 is 9.84 Å². The number of nitrogen functional groups attached to an aromatic ring is 1. The number of hydrogen-bond acceptors (Lipinski definition) is 4. The number of sulfone groups is 1. The van der Waals surface area contributed by atoms with Crippen LogP contribution in [0, 0.1) is 0 Å². The van der Waals surface area contributed by atoms with Crippen LogP contribution in [0.3, 0.4) is 0 Å². The van der Waals surface area contributed by atoms with Crippen LogP contribution in [0.2, 0.25) is 5.02 Å². The van der Waals surface area contributed by atoms with Crippen LogP contribution in [0.25, 0.3) is 0 Å². The SMILES string of the molecule is CS(=O)(=O)c1ccc(Nc2ccc(Cl)cc2N)cc1. The minimum Gasteiger partial charge on any atom is -0.397 e. The molecule has 2 rings (SSSR count). The molecule has 0 spiro atoms. The summed E-state index contributed by atoms with van der Waals surface area (Å²) in [5, 5.41) is 3.66. The van der Waals surface area contributed by atoms with Gasteiger partial charge in [-0.2, -0.15) is 0 Å². The lowest BCUT2D eigenvalue weighted by atomic mass is 10.2. The smallest absolute Gasteiger partial charge is 0.175 e. The monoisotopic (exact) mass is 296 g/mol. The van der Waals surface area contributed by atoms with E-state index >= 15 is 0 Å². The highest BCUT2D eigenvalue weighted by molar-refractivity contribution is 7.90. The van der Waals surface area contributed by atoms with Crippen molar-refractivity contribution in [2.24, 2.45) is 0 Å². The molecule has 0 radical (unpaired) electrons. The van der Waals surface area contributed by atoms with Crippen molar-refractivity contribution in [2.45, 2.75) is 4.90 Å². The van der Waals surface area contributed by atoms with E-state index in [0.717, 1.165) is 11.4 Å². The first-order chi connectivity index (χ1) is 8.86. The molecule has 0 fully saturated rings. The maximum absolute atomic E-state index is 11.3. The van der Waals surface area contributed by atoms with E-state index in [-0.39, 0.29) is 4.90 Å². The molecule has 0 aliphatic carbocycles. The first-order valence-corrected chi connectivity index (χ1v) is 7.75. The zero-order valence-corrected chi connectivity index (χ0v) is 11.8. The van der Waals surface area contributed by atoms with E-state index in [1.807, 2.05) is 0 Å². The van der Waals surface area contributed by atoms with Crippen molar-refractivity contribution in [2.75, 3.05) is 17.3 Å². The maximum atomic E-state index is 11.3. The molecular formula is C13H13ClN2O2S. The van der Waals surface area contributed by atoms with Crippen LogP contribution >= 0.6 is 11.6 Å². The van der Waals surface area contributed by atoms with E-state index in [1.165, 1.54) is 6.26 Å². The number of halogens is 1. The fourth-order valence-corrected chi connectivity index (χ4v) is 2.40. The summed E-state index contributed by atoms with van der Waals surface area (Å²) in [6.07, 6.45) is 1.17. The molecule has 3 N–H and O–H groups in total. The standard InChI is InChI=1S/C13H13ClN2O2S/c1-19(17,18)11-5-3-10(4-6-11)16-13-7-2-9(14)8-12(13)15/h2-8,16H,15H2,1H3. The molecule has 0 saturated heterocycles. The van der Waals surface area contributed by atoms with E-state index in [0.29, 0.717) is 10.7 Å². The van der Waals surface area contributed by atoms with Crippen molar-refractivity contribution in [3.8, 4) is 0 Å². The Morgan fingerprint density at radius 1 is 1.11 bits per heavy atom. The first kappa shape index (κ1) is 13.7. The zero-order chi connectivity index (χ0) is 14.0. The minimum absolute atomic E-state index is 0.280. The van der Waals surface area contributed by atoms with Gasteiger partial charge in [0.25, 0.3) is 0 Å². The van der Waals surface area contributed by atoms with Crippen molar-refractivity contribution in [1.82, 2.24) is 0 Å². The van der Waals surface area contributed by atoms with Crippen LogP contribution in [0.4, 0.5) is 17.1 Å². The Morgan fingerprint density at radius 2 is 1.74 bits per heavy atom. The van der Waals surface area contributed by atoms with Gasteiger partial charge in [-0.3, -0.25) is 0 Å². The molecule has 0 bridgehead atoms. The lowest BCUT2D eigenvalue weighted by molar-refractivity contribution is 0.602. The predicted molar refractivity (Wildman–Crippen MR) is 78.7 cm³/mol. The molecule has 0 atom stereocenters. The van der Waals surface area contributed by atoms with Gasteiger partial charge in [0.05, 0.1) is 16.3 Å². The van der Waals surface area contributed by atoms with Crippen LogP contribution < -0.4 is 11.1 Å². The first-order valence-electron chi connectivity index (χ1n) is 5.48. The summed E-state index contributed by atoms with van der Waals surface area (Å²) in [6, 6.07) is 11.6. The highest BCUT2D eigenvalue weighted by Gasteiger charge is 2.06. The van der Waals surface area contributed by atoms with Crippen LogP contribution in [-0.2, 0) is 9.84 Å². The summed E-state index contributed by atoms with van der Waals surface area (Å²) in [5.74, 6) is 0. The quantitative estimate of drug-likeness (QED) is 0.854. The largest absolute Gasteiger partial charge is 0.397 e. The highest BCUT2D eigenvalue weighted by Crippen LogP contribution is 2.26. The zero-order valence-electron chi connectivity index (χ0n) is 10.2. The molecule has 2 aromatic carbocycles. The molecule has 100 valence electrons. The highest BCUT2D eigenvalue weighted by atomic mass is 35.5. The molecule has 0 aliphatic heterocycles. The number of anilines is 3. The fourth-order valence-electron chi connectivity index (χ4n) is 1.59. The summed E-state index contributed by atoms with van der Waals surface area (Å²) in [5.41, 5.74) is 7.82. The summed E-state index contributed by atoms with van der Waals surface area (Å²) < 4.78 is 22.7. The van der Waals surface area contributed by atoms with Gasteiger partial charge in [-0.1, -0.05) is 11.6 Å². The van der Waals surface area contributed by atoms with Gasteiger partial charge in [0.15, 0.2) is 9.84 Å². The lowest BCUT2D eigenvalue weighted by Gasteiger charge is -2.10. The Kier molecular flexibility index (Phi) is 3.68. The van der Waals surface area contributed by atoms with Crippen molar-refractivity contribution < 1.29 is 8.42 Å². The number of nitrogens with two attached hydrogens (primary N) is 1. The average Bonchev–Trinajstić information content (AvgIpc) is 2.32.